The molecular weight excluding hydrogens is 437 g/mol. The highest BCUT2D eigenvalue weighted by Gasteiger charge is 2.31. The van der Waals surface area contributed by atoms with Crippen molar-refractivity contribution in [2.75, 3.05) is 11.1 Å². The molecule has 0 aliphatic heterocycles. The van der Waals surface area contributed by atoms with E-state index in [4.69, 9.17) is 5.73 Å². The van der Waals surface area contributed by atoms with Crippen LogP contribution in [-0.2, 0) is 7.05 Å². The van der Waals surface area contributed by atoms with E-state index in [1.54, 1.807) is 50.2 Å². The predicted molar refractivity (Wildman–Crippen MR) is 131 cm³/mol. The number of hydrogen-bond acceptors (Lipinski definition) is 5. The number of nitrogens with one attached hydrogen (secondary N) is 1. The highest BCUT2D eigenvalue weighted by molar-refractivity contribution is 5.93. The van der Waals surface area contributed by atoms with Gasteiger partial charge in [-0.25, -0.2) is 9.18 Å². The standard InChI is InChI=1S/C25H24FN5O3/c1-13-7-10-19(18(26)11-13)28-22-20-21(14(2)23(32)29(22)3)30(17-6-4-5-15(27)12-17)25(34)31(24(20)33)16-8-9-16/h4-7,10-12,16,28H,8-9,27H2,1-3H3. The van der Waals surface area contributed by atoms with Crippen molar-refractivity contribution in [3.8, 4) is 5.69 Å². The molecule has 3 N–H and O–H groups in total. The van der Waals surface area contributed by atoms with Crippen molar-refractivity contribution >= 4 is 28.1 Å². The number of nitrogens with zero attached hydrogens (tertiary/aromatic N) is 3. The summed E-state index contributed by atoms with van der Waals surface area (Å²) in [5.41, 5.74) is 6.64. The lowest BCUT2D eigenvalue weighted by atomic mass is 10.1. The van der Waals surface area contributed by atoms with E-state index in [0.717, 1.165) is 5.56 Å². The predicted octanol–water partition coefficient (Wildman–Crippen LogP) is 3.27. The smallest absolute Gasteiger partial charge is 0.336 e. The first-order valence-corrected chi connectivity index (χ1v) is 11.0. The third kappa shape index (κ3) is 3.32. The van der Waals surface area contributed by atoms with Crippen LogP contribution in [0.5, 0.6) is 0 Å². The Hall–Kier alpha value is -4.14. The number of pyridine rings is 1. The highest BCUT2D eigenvalue weighted by atomic mass is 19.1. The molecule has 2 aromatic carbocycles. The summed E-state index contributed by atoms with van der Waals surface area (Å²) in [5.74, 6) is -0.404. The molecule has 0 spiro atoms. The molecule has 2 aromatic heterocycles. The Kier molecular flexibility index (Phi) is 4.93. The molecule has 5 rings (SSSR count). The van der Waals surface area contributed by atoms with Gasteiger partial charge in [0, 0.05) is 24.3 Å². The third-order valence-corrected chi connectivity index (χ3v) is 6.26. The maximum atomic E-state index is 14.7. The number of benzene rings is 2. The molecule has 1 aliphatic carbocycles. The summed E-state index contributed by atoms with van der Waals surface area (Å²) in [6.45, 7) is 3.34. The lowest BCUT2D eigenvalue weighted by molar-refractivity contribution is 0.630. The number of anilines is 3. The number of nitrogen functional groups attached to an aromatic ring is 1. The summed E-state index contributed by atoms with van der Waals surface area (Å²) >= 11 is 0. The fourth-order valence-corrected chi connectivity index (χ4v) is 4.37. The van der Waals surface area contributed by atoms with Gasteiger partial charge >= 0.3 is 5.69 Å². The summed E-state index contributed by atoms with van der Waals surface area (Å²) in [4.78, 5) is 40.5. The molecule has 34 heavy (non-hydrogen) atoms. The fraction of sp³-hybridized carbons (Fsp3) is 0.240. The topological polar surface area (TPSA) is 104 Å². The van der Waals surface area contributed by atoms with Gasteiger partial charge in [-0.2, -0.15) is 0 Å². The van der Waals surface area contributed by atoms with Gasteiger partial charge in [-0.3, -0.25) is 23.3 Å². The molecule has 0 unspecified atom stereocenters. The van der Waals surface area contributed by atoms with E-state index in [9.17, 15) is 18.8 Å². The summed E-state index contributed by atoms with van der Waals surface area (Å²) in [7, 11) is 1.51. The lowest BCUT2D eigenvalue weighted by Crippen LogP contribution is -2.41. The van der Waals surface area contributed by atoms with Gasteiger partial charge in [0.2, 0.25) is 0 Å². The summed E-state index contributed by atoms with van der Waals surface area (Å²) in [6, 6.07) is 11.1. The van der Waals surface area contributed by atoms with Crippen LogP contribution in [0.3, 0.4) is 0 Å². The molecule has 0 radical (unpaired) electrons. The van der Waals surface area contributed by atoms with Crippen molar-refractivity contribution in [1.82, 2.24) is 13.7 Å². The van der Waals surface area contributed by atoms with E-state index in [-0.39, 0.29) is 34.0 Å². The van der Waals surface area contributed by atoms with Crippen LogP contribution in [0.25, 0.3) is 16.6 Å². The molecule has 8 nitrogen and oxygen atoms in total. The number of rotatable bonds is 4. The molecule has 1 fully saturated rings. The normalized spacial score (nSPS) is 13.4. The Morgan fingerprint density at radius 2 is 1.76 bits per heavy atom. The number of nitrogens with two attached hydrogens (primary N) is 1. The molecule has 0 saturated heterocycles. The number of aryl methyl sites for hydroxylation is 2. The van der Waals surface area contributed by atoms with Crippen molar-refractivity contribution in [2.24, 2.45) is 7.05 Å². The van der Waals surface area contributed by atoms with Gasteiger partial charge in [0.05, 0.1) is 16.9 Å². The van der Waals surface area contributed by atoms with Crippen molar-refractivity contribution in [1.29, 1.82) is 0 Å². The van der Waals surface area contributed by atoms with Gasteiger partial charge in [-0.1, -0.05) is 12.1 Å². The van der Waals surface area contributed by atoms with E-state index in [0.29, 0.717) is 24.2 Å². The van der Waals surface area contributed by atoms with E-state index >= 15 is 0 Å². The maximum Gasteiger partial charge on any atom is 0.336 e. The molecule has 9 heteroatoms. The van der Waals surface area contributed by atoms with E-state index in [2.05, 4.69) is 5.32 Å². The van der Waals surface area contributed by atoms with Gasteiger partial charge in [0.15, 0.2) is 0 Å². The van der Waals surface area contributed by atoms with Crippen LogP contribution in [0.1, 0.15) is 30.0 Å². The summed E-state index contributed by atoms with van der Waals surface area (Å²) in [6.07, 6.45) is 1.41. The quantitative estimate of drug-likeness (QED) is 0.454. The van der Waals surface area contributed by atoms with Crippen molar-refractivity contribution in [2.45, 2.75) is 32.7 Å². The molecule has 174 valence electrons. The average molecular weight is 461 g/mol. The SMILES string of the molecule is Cc1ccc(Nc2c3c(=O)n(C4CC4)c(=O)n(-c4cccc(N)c4)c3c(C)c(=O)n2C)c(F)c1. The Morgan fingerprint density at radius 3 is 2.41 bits per heavy atom. The van der Waals surface area contributed by atoms with Gasteiger partial charge in [0.25, 0.3) is 11.1 Å². The number of halogens is 1. The van der Waals surface area contributed by atoms with Crippen LogP contribution in [0.15, 0.2) is 56.8 Å². The van der Waals surface area contributed by atoms with Crippen molar-refractivity contribution in [3.05, 3.63) is 90.6 Å². The summed E-state index contributed by atoms with van der Waals surface area (Å²) in [5, 5.41) is 3.08. The largest absolute Gasteiger partial charge is 0.399 e. The Bertz CT molecular complexity index is 1660. The first-order chi connectivity index (χ1) is 16.2. The minimum Gasteiger partial charge on any atom is -0.399 e. The van der Waals surface area contributed by atoms with Crippen LogP contribution >= 0.6 is 0 Å². The van der Waals surface area contributed by atoms with Crippen molar-refractivity contribution in [3.63, 3.8) is 0 Å². The first-order valence-electron chi connectivity index (χ1n) is 11.0. The monoisotopic (exact) mass is 461 g/mol. The maximum absolute atomic E-state index is 14.7. The van der Waals surface area contributed by atoms with Gasteiger partial charge in [-0.05, 0) is 62.6 Å². The minimum absolute atomic E-state index is 0.116. The van der Waals surface area contributed by atoms with E-state index < -0.39 is 22.6 Å². The Morgan fingerprint density at radius 1 is 1.03 bits per heavy atom. The minimum atomic E-state index is -0.533. The number of fused-ring (bicyclic) bond motifs is 1. The molecule has 1 aliphatic rings. The zero-order chi connectivity index (χ0) is 24.3. The molecule has 2 heterocycles. The zero-order valence-corrected chi connectivity index (χ0v) is 19.1. The van der Waals surface area contributed by atoms with E-state index in [1.807, 2.05) is 0 Å². The second-order valence-electron chi connectivity index (χ2n) is 8.79. The molecule has 1 saturated carbocycles. The molecule has 0 amide bonds. The number of aromatic nitrogens is 3. The van der Waals surface area contributed by atoms with Crippen LogP contribution in [0.4, 0.5) is 21.6 Å². The lowest BCUT2D eigenvalue weighted by Gasteiger charge is -2.20. The van der Waals surface area contributed by atoms with Gasteiger partial charge < -0.3 is 11.1 Å². The molecular formula is C25H24FN5O3. The third-order valence-electron chi connectivity index (χ3n) is 6.26. The van der Waals surface area contributed by atoms with Crippen molar-refractivity contribution < 1.29 is 4.39 Å². The fourth-order valence-electron chi connectivity index (χ4n) is 4.37. The molecule has 0 bridgehead atoms. The zero-order valence-electron chi connectivity index (χ0n) is 19.1. The van der Waals surface area contributed by atoms with Gasteiger partial charge in [-0.15, -0.1) is 0 Å². The number of hydrogen-bond donors (Lipinski definition) is 2. The van der Waals surface area contributed by atoms with Crippen LogP contribution < -0.4 is 27.9 Å². The Labute approximate surface area is 193 Å². The van der Waals surface area contributed by atoms with Gasteiger partial charge in [0.1, 0.15) is 17.0 Å². The first kappa shape index (κ1) is 21.7. The Balaban J connectivity index is 1.95. The van der Waals surface area contributed by atoms with Crippen LogP contribution in [-0.4, -0.2) is 13.7 Å². The highest BCUT2D eigenvalue weighted by Crippen LogP contribution is 2.34. The van der Waals surface area contributed by atoms with Crippen LogP contribution in [0, 0.1) is 19.7 Å². The molecule has 4 aromatic rings. The van der Waals surface area contributed by atoms with Crippen LogP contribution in [0.2, 0.25) is 0 Å². The summed E-state index contributed by atoms with van der Waals surface area (Å²) < 4.78 is 18.6. The molecule has 0 atom stereocenters. The average Bonchev–Trinajstić information content (AvgIpc) is 3.62. The second kappa shape index (κ2) is 7.72. The second-order valence-corrected chi connectivity index (χ2v) is 8.79. The van der Waals surface area contributed by atoms with E-state index in [1.165, 1.54) is 26.8 Å².